The highest BCUT2D eigenvalue weighted by atomic mass is 127. The number of benzene rings is 1. The second kappa shape index (κ2) is 14.6. The van der Waals surface area contributed by atoms with Crippen molar-refractivity contribution < 1.29 is 23.0 Å². The van der Waals surface area contributed by atoms with E-state index >= 15 is 0 Å². The Labute approximate surface area is 194 Å². The Kier molecular flexibility index (Phi) is 12.9. The summed E-state index contributed by atoms with van der Waals surface area (Å²) in [5.74, 6) is 1.37. The molecule has 0 saturated carbocycles. The minimum atomic E-state index is -2.92. The molecule has 2 rings (SSSR count). The van der Waals surface area contributed by atoms with Crippen molar-refractivity contribution in [1.82, 2.24) is 15.5 Å². The average molecular weight is 542 g/mol. The van der Waals surface area contributed by atoms with Crippen molar-refractivity contribution in [3.05, 3.63) is 23.8 Å². The van der Waals surface area contributed by atoms with Gasteiger partial charge >= 0.3 is 6.61 Å². The third-order valence-corrected chi connectivity index (χ3v) is 4.53. The molecule has 1 aliphatic rings. The largest absolute Gasteiger partial charge is 0.490 e. The van der Waals surface area contributed by atoms with E-state index in [4.69, 9.17) is 14.2 Å². The first-order valence-electron chi connectivity index (χ1n) is 9.97. The summed E-state index contributed by atoms with van der Waals surface area (Å²) in [5.41, 5.74) is 0.570. The van der Waals surface area contributed by atoms with Gasteiger partial charge in [-0.15, -0.1) is 24.0 Å². The lowest BCUT2D eigenvalue weighted by atomic mass is 10.1. The van der Waals surface area contributed by atoms with Crippen LogP contribution in [-0.2, 0) is 11.3 Å². The van der Waals surface area contributed by atoms with Gasteiger partial charge in [-0.1, -0.05) is 19.1 Å². The third kappa shape index (κ3) is 9.17. The molecule has 0 spiro atoms. The number of hydrogen-bond donors (Lipinski definition) is 2. The molecule has 1 atom stereocenters. The lowest BCUT2D eigenvalue weighted by Gasteiger charge is -2.29. The summed E-state index contributed by atoms with van der Waals surface area (Å²) in [6.45, 7) is 6.90. The summed E-state index contributed by atoms with van der Waals surface area (Å²) in [6.07, 6.45) is 0. The van der Waals surface area contributed by atoms with Crippen molar-refractivity contribution in [2.45, 2.75) is 27.0 Å². The molecule has 0 aliphatic carbocycles. The average Bonchev–Trinajstić information content (AvgIpc) is 2.70. The molecule has 0 bridgehead atoms. The maximum atomic E-state index is 12.8. The van der Waals surface area contributed by atoms with Crippen molar-refractivity contribution >= 4 is 29.9 Å². The maximum absolute atomic E-state index is 12.8. The van der Waals surface area contributed by atoms with Gasteiger partial charge in [0.2, 0.25) is 0 Å². The van der Waals surface area contributed by atoms with Crippen LogP contribution in [0.3, 0.4) is 0 Å². The van der Waals surface area contributed by atoms with Gasteiger partial charge in [-0.3, -0.25) is 9.89 Å². The van der Waals surface area contributed by atoms with Crippen LogP contribution in [0.4, 0.5) is 8.78 Å². The zero-order valence-corrected chi connectivity index (χ0v) is 20.2. The molecule has 1 saturated heterocycles. The lowest BCUT2D eigenvalue weighted by molar-refractivity contribution is -0.0520. The number of para-hydroxylation sites is 1. The van der Waals surface area contributed by atoms with Gasteiger partial charge in [0.05, 0.1) is 19.8 Å². The number of morpholine rings is 1. The van der Waals surface area contributed by atoms with Crippen molar-refractivity contribution in [2.24, 2.45) is 10.9 Å². The van der Waals surface area contributed by atoms with Crippen LogP contribution >= 0.6 is 24.0 Å². The van der Waals surface area contributed by atoms with E-state index in [1.54, 1.807) is 32.2 Å². The lowest BCUT2D eigenvalue weighted by Crippen LogP contribution is -2.43. The molecule has 0 radical (unpaired) electrons. The summed E-state index contributed by atoms with van der Waals surface area (Å²) in [7, 11) is 1.68. The minimum Gasteiger partial charge on any atom is -0.490 e. The van der Waals surface area contributed by atoms with Crippen LogP contribution in [0.25, 0.3) is 0 Å². The number of alkyl halides is 2. The van der Waals surface area contributed by atoms with Gasteiger partial charge in [-0.05, 0) is 18.9 Å². The van der Waals surface area contributed by atoms with Gasteiger partial charge in [-0.2, -0.15) is 8.78 Å². The summed E-state index contributed by atoms with van der Waals surface area (Å²) in [6, 6.07) is 5.09. The van der Waals surface area contributed by atoms with Gasteiger partial charge in [0.25, 0.3) is 0 Å². The van der Waals surface area contributed by atoms with Crippen LogP contribution in [0.1, 0.15) is 19.4 Å². The highest BCUT2D eigenvalue weighted by Crippen LogP contribution is 2.32. The van der Waals surface area contributed by atoms with Crippen LogP contribution in [0.15, 0.2) is 23.2 Å². The molecule has 10 heteroatoms. The van der Waals surface area contributed by atoms with E-state index in [9.17, 15) is 8.78 Å². The Bertz CT molecular complexity index is 646. The van der Waals surface area contributed by atoms with Gasteiger partial charge in [0.1, 0.15) is 0 Å². The third-order valence-electron chi connectivity index (χ3n) is 4.53. The predicted molar refractivity (Wildman–Crippen MR) is 124 cm³/mol. The Morgan fingerprint density at radius 3 is 2.63 bits per heavy atom. The van der Waals surface area contributed by atoms with E-state index in [1.165, 1.54) is 0 Å². The van der Waals surface area contributed by atoms with Crippen molar-refractivity contribution in [1.29, 1.82) is 0 Å². The summed E-state index contributed by atoms with van der Waals surface area (Å²) in [4.78, 5) is 6.60. The van der Waals surface area contributed by atoms with Crippen molar-refractivity contribution in [3.63, 3.8) is 0 Å². The van der Waals surface area contributed by atoms with Crippen LogP contribution < -0.4 is 20.1 Å². The Morgan fingerprint density at radius 1 is 1.27 bits per heavy atom. The molecule has 1 aromatic carbocycles. The van der Waals surface area contributed by atoms with Gasteiger partial charge in [0.15, 0.2) is 17.5 Å². The fourth-order valence-electron chi connectivity index (χ4n) is 3.15. The molecule has 0 amide bonds. The number of nitrogens with zero attached hydrogens (tertiary/aromatic N) is 2. The quantitative estimate of drug-likeness (QED) is 0.270. The fraction of sp³-hybridized carbons (Fsp3) is 0.650. The smallest absolute Gasteiger partial charge is 0.387 e. The summed E-state index contributed by atoms with van der Waals surface area (Å²) >= 11 is 0. The Hall–Kier alpha value is -1.40. The molecule has 1 aromatic rings. The molecule has 1 fully saturated rings. The summed E-state index contributed by atoms with van der Waals surface area (Å²) < 4.78 is 41.2. The number of aliphatic imine (C=N–C) groups is 1. The normalized spacial score (nSPS) is 16.0. The van der Waals surface area contributed by atoms with E-state index in [-0.39, 0.29) is 36.3 Å². The predicted octanol–water partition coefficient (Wildman–Crippen LogP) is 2.94. The van der Waals surface area contributed by atoms with Crippen LogP contribution in [0.2, 0.25) is 0 Å². The highest BCUT2D eigenvalue weighted by molar-refractivity contribution is 14.0. The molecule has 1 aliphatic heterocycles. The van der Waals surface area contributed by atoms with Crippen molar-refractivity contribution in [3.8, 4) is 11.5 Å². The number of rotatable bonds is 10. The molecule has 7 nitrogen and oxygen atoms in total. The van der Waals surface area contributed by atoms with Crippen molar-refractivity contribution in [2.75, 3.05) is 53.0 Å². The second-order valence-corrected chi connectivity index (χ2v) is 6.88. The topological polar surface area (TPSA) is 67.4 Å². The van der Waals surface area contributed by atoms with Crippen LogP contribution in [0.5, 0.6) is 11.5 Å². The van der Waals surface area contributed by atoms with Crippen LogP contribution in [0, 0.1) is 5.92 Å². The number of hydrogen-bond acceptors (Lipinski definition) is 5. The van der Waals surface area contributed by atoms with Crippen LogP contribution in [-0.4, -0.2) is 70.5 Å². The van der Waals surface area contributed by atoms with E-state index < -0.39 is 6.61 Å². The first-order chi connectivity index (χ1) is 14.0. The number of nitrogens with one attached hydrogen (secondary N) is 2. The van der Waals surface area contributed by atoms with Gasteiger partial charge in [0, 0.05) is 45.3 Å². The molecular weight excluding hydrogens is 509 g/mol. The summed E-state index contributed by atoms with van der Waals surface area (Å²) in [5, 5.41) is 6.44. The van der Waals surface area contributed by atoms with E-state index in [1.807, 2.05) is 0 Å². The SMILES string of the molecule is CCOc1cccc(CNC(=NC)NCC(C)CN2CCOCC2)c1OC(F)F.I. The Balaban J connectivity index is 0.00000450. The monoisotopic (exact) mass is 542 g/mol. The minimum absolute atomic E-state index is 0. The second-order valence-electron chi connectivity index (χ2n) is 6.88. The zero-order chi connectivity index (χ0) is 21.1. The zero-order valence-electron chi connectivity index (χ0n) is 17.8. The van der Waals surface area contributed by atoms with E-state index in [0.29, 0.717) is 29.8 Å². The number of guanidine groups is 1. The molecule has 172 valence electrons. The van der Waals surface area contributed by atoms with E-state index in [2.05, 4.69) is 27.4 Å². The number of ether oxygens (including phenoxy) is 3. The fourth-order valence-corrected chi connectivity index (χ4v) is 3.15. The number of halogens is 3. The standard InChI is InChI=1S/C20H32F2N4O3.HI/c1-4-28-17-7-5-6-16(18(17)29-19(21)22)13-25-20(23-3)24-12-15(2)14-26-8-10-27-11-9-26;/h5-7,15,19H,4,8-14H2,1-3H3,(H2,23,24,25);1H. The molecule has 1 unspecified atom stereocenters. The molecular formula is C20H33F2IN4O3. The molecule has 1 heterocycles. The maximum Gasteiger partial charge on any atom is 0.387 e. The first-order valence-corrected chi connectivity index (χ1v) is 9.97. The molecule has 30 heavy (non-hydrogen) atoms. The first kappa shape index (κ1) is 26.6. The van der Waals surface area contributed by atoms with E-state index in [0.717, 1.165) is 39.4 Å². The highest BCUT2D eigenvalue weighted by Gasteiger charge is 2.17. The Morgan fingerprint density at radius 2 is 2.00 bits per heavy atom. The van der Waals surface area contributed by atoms with Gasteiger partial charge in [-0.25, -0.2) is 0 Å². The molecule has 2 N–H and O–H groups in total. The molecule has 0 aromatic heterocycles. The van der Waals surface area contributed by atoms with Gasteiger partial charge < -0.3 is 24.8 Å².